The quantitative estimate of drug-likeness (QED) is 0.586. The van der Waals surface area contributed by atoms with Crippen LogP contribution in [0.3, 0.4) is 0 Å². The highest BCUT2D eigenvalue weighted by Crippen LogP contribution is 2.26. The highest BCUT2D eigenvalue weighted by atomic mass is 19.1. The normalized spacial score (nSPS) is 11.0. The Bertz CT molecular complexity index is 1030. The maximum absolute atomic E-state index is 13.2. The second-order valence-corrected chi connectivity index (χ2v) is 5.52. The van der Waals surface area contributed by atoms with E-state index in [0.29, 0.717) is 11.4 Å². The van der Waals surface area contributed by atoms with Crippen molar-refractivity contribution in [3.05, 3.63) is 72.3 Å². The Morgan fingerprint density at radius 1 is 1.04 bits per heavy atom. The molecular weight excluding hydrogens is 324 g/mol. The summed E-state index contributed by atoms with van der Waals surface area (Å²) in [6.07, 6.45) is 5.00. The van der Waals surface area contributed by atoms with Crippen molar-refractivity contribution in [2.75, 3.05) is 5.32 Å². The van der Waals surface area contributed by atoms with Crippen LogP contribution in [0.1, 0.15) is 6.99 Å². The molecule has 0 bridgehead atoms. The van der Waals surface area contributed by atoms with Crippen LogP contribution < -0.4 is 5.32 Å². The summed E-state index contributed by atoms with van der Waals surface area (Å²) in [5.41, 5.74) is 2.90. The van der Waals surface area contributed by atoms with Crippen LogP contribution in [0.2, 0.25) is 0 Å². The predicted octanol–water partition coefficient (Wildman–Crippen LogP) is 4.16. The van der Waals surface area contributed by atoms with Gasteiger partial charge < -0.3 is 10.3 Å². The molecule has 7 heteroatoms. The van der Waals surface area contributed by atoms with Crippen LogP contribution in [0, 0.1) is 11.6 Å². The van der Waals surface area contributed by atoms with E-state index in [1.807, 2.05) is 18.3 Å². The van der Waals surface area contributed by atoms with Gasteiger partial charge in [-0.3, -0.25) is 0 Å². The first-order valence-electron chi connectivity index (χ1n) is 7.62. The first kappa shape index (κ1) is 15.2. The van der Waals surface area contributed by atoms with Gasteiger partial charge in [0.25, 0.3) is 0 Å². The highest BCUT2D eigenvalue weighted by Gasteiger charge is 2.09. The van der Waals surface area contributed by atoms with Crippen LogP contribution in [-0.4, -0.2) is 19.9 Å². The number of nitrogens with zero attached hydrogens (tertiary/aromatic N) is 3. The van der Waals surface area contributed by atoms with Gasteiger partial charge in [-0.25, -0.2) is 23.7 Å². The molecule has 126 valence electrons. The molecule has 1 aromatic carbocycles. The fourth-order valence-corrected chi connectivity index (χ4v) is 2.67. The van der Waals surface area contributed by atoms with Gasteiger partial charge in [-0.15, -0.1) is 0 Å². The lowest BCUT2D eigenvalue weighted by Crippen LogP contribution is -2.03. The number of aromatic amines is 1. The van der Waals surface area contributed by atoms with Gasteiger partial charge in [-0.1, -0.05) is 0 Å². The van der Waals surface area contributed by atoms with E-state index < -0.39 is 11.6 Å². The molecule has 0 fully saturated rings. The predicted molar refractivity (Wildman–Crippen MR) is 92.9 cm³/mol. The zero-order valence-corrected chi connectivity index (χ0v) is 13.0. The largest absolute Gasteiger partial charge is 0.366 e. The SMILES string of the molecule is Fc1cc(F)cc(CNc2cc(-c3c[nH]c4ncccc34)ncn2)c1.[HH]. The first-order valence-corrected chi connectivity index (χ1v) is 7.62. The molecule has 0 saturated heterocycles. The summed E-state index contributed by atoms with van der Waals surface area (Å²) in [4.78, 5) is 15.8. The van der Waals surface area contributed by atoms with Crippen molar-refractivity contribution in [3.63, 3.8) is 0 Å². The summed E-state index contributed by atoms with van der Waals surface area (Å²) in [6.45, 7) is 0.251. The van der Waals surface area contributed by atoms with E-state index in [-0.39, 0.29) is 7.97 Å². The van der Waals surface area contributed by atoms with Crippen molar-refractivity contribution >= 4 is 16.9 Å². The topological polar surface area (TPSA) is 66.5 Å². The number of rotatable bonds is 4. The molecule has 0 unspecified atom stereocenters. The van der Waals surface area contributed by atoms with Crippen LogP contribution in [0.4, 0.5) is 14.6 Å². The van der Waals surface area contributed by atoms with Gasteiger partial charge in [0, 0.05) is 43.4 Å². The third-order valence-corrected chi connectivity index (χ3v) is 3.79. The molecule has 0 aliphatic carbocycles. The number of H-pyrrole nitrogens is 1. The molecular formula is C18H15F2N5. The zero-order valence-electron chi connectivity index (χ0n) is 13.0. The van der Waals surface area contributed by atoms with E-state index in [1.54, 1.807) is 12.3 Å². The maximum atomic E-state index is 13.2. The van der Waals surface area contributed by atoms with Gasteiger partial charge in [0.2, 0.25) is 0 Å². The minimum absolute atomic E-state index is 0. The first-order chi connectivity index (χ1) is 12.2. The lowest BCUT2D eigenvalue weighted by atomic mass is 10.1. The van der Waals surface area contributed by atoms with Crippen molar-refractivity contribution in [2.45, 2.75) is 6.54 Å². The van der Waals surface area contributed by atoms with Gasteiger partial charge in [-0.2, -0.15) is 0 Å². The van der Waals surface area contributed by atoms with Crippen LogP contribution in [0.15, 0.2) is 55.1 Å². The van der Waals surface area contributed by atoms with E-state index in [1.165, 1.54) is 18.5 Å². The molecule has 0 saturated carbocycles. The summed E-state index contributed by atoms with van der Waals surface area (Å²) in [5.74, 6) is -0.647. The number of hydrogen-bond acceptors (Lipinski definition) is 4. The number of fused-ring (bicyclic) bond motifs is 1. The summed E-state index contributed by atoms with van der Waals surface area (Å²) in [5, 5.41) is 4.01. The van der Waals surface area contributed by atoms with Gasteiger partial charge in [0.15, 0.2) is 0 Å². The fourth-order valence-electron chi connectivity index (χ4n) is 2.67. The minimum atomic E-state index is -0.605. The van der Waals surface area contributed by atoms with Crippen molar-refractivity contribution < 1.29 is 10.2 Å². The second kappa shape index (κ2) is 6.27. The molecule has 0 atom stereocenters. The average molecular weight is 339 g/mol. The Morgan fingerprint density at radius 2 is 1.88 bits per heavy atom. The van der Waals surface area contributed by atoms with E-state index >= 15 is 0 Å². The Balaban J connectivity index is 0.00000196. The monoisotopic (exact) mass is 339 g/mol. The van der Waals surface area contributed by atoms with Crippen molar-refractivity contribution in [1.82, 2.24) is 19.9 Å². The Labute approximate surface area is 143 Å². The van der Waals surface area contributed by atoms with Crippen molar-refractivity contribution in [3.8, 4) is 11.3 Å². The molecule has 0 aliphatic heterocycles. The zero-order chi connectivity index (χ0) is 17.2. The van der Waals surface area contributed by atoms with Crippen LogP contribution in [0.5, 0.6) is 0 Å². The molecule has 4 aromatic rings. The molecule has 0 amide bonds. The third-order valence-electron chi connectivity index (χ3n) is 3.79. The highest BCUT2D eigenvalue weighted by molar-refractivity contribution is 5.92. The Morgan fingerprint density at radius 3 is 2.72 bits per heavy atom. The summed E-state index contributed by atoms with van der Waals surface area (Å²) >= 11 is 0. The molecule has 0 radical (unpaired) electrons. The lowest BCUT2D eigenvalue weighted by molar-refractivity contribution is 0.580. The van der Waals surface area contributed by atoms with E-state index in [9.17, 15) is 8.78 Å². The summed E-state index contributed by atoms with van der Waals surface area (Å²) < 4.78 is 26.5. The van der Waals surface area contributed by atoms with Crippen LogP contribution in [0.25, 0.3) is 22.3 Å². The summed E-state index contributed by atoms with van der Waals surface area (Å²) in [6, 6.07) is 9.01. The van der Waals surface area contributed by atoms with E-state index in [4.69, 9.17) is 0 Å². The molecule has 0 aliphatic rings. The number of benzene rings is 1. The molecule has 5 nitrogen and oxygen atoms in total. The molecule has 2 N–H and O–H groups in total. The molecule has 0 spiro atoms. The Hall–Kier alpha value is -3.35. The molecule has 3 heterocycles. The molecule has 4 rings (SSSR count). The van der Waals surface area contributed by atoms with Gasteiger partial charge >= 0.3 is 0 Å². The number of nitrogens with one attached hydrogen (secondary N) is 2. The van der Waals surface area contributed by atoms with E-state index in [0.717, 1.165) is 28.4 Å². The van der Waals surface area contributed by atoms with Crippen LogP contribution in [-0.2, 0) is 6.54 Å². The smallest absolute Gasteiger partial charge is 0.137 e. The van der Waals surface area contributed by atoms with Gasteiger partial charge in [0.05, 0.1) is 5.69 Å². The Kier molecular flexibility index (Phi) is 3.81. The molecule has 3 aromatic heterocycles. The fraction of sp³-hybridized carbons (Fsp3) is 0.0556. The number of hydrogen-bond donors (Lipinski definition) is 2. The third kappa shape index (κ3) is 3.16. The van der Waals surface area contributed by atoms with Gasteiger partial charge in [-0.05, 0) is 29.8 Å². The van der Waals surface area contributed by atoms with Crippen LogP contribution >= 0.6 is 0 Å². The maximum Gasteiger partial charge on any atom is 0.137 e. The van der Waals surface area contributed by atoms with Crippen molar-refractivity contribution in [1.29, 1.82) is 0 Å². The van der Waals surface area contributed by atoms with E-state index in [2.05, 4.69) is 25.3 Å². The number of halogens is 2. The van der Waals surface area contributed by atoms with Gasteiger partial charge in [0.1, 0.15) is 29.4 Å². The lowest BCUT2D eigenvalue weighted by Gasteiger charge is -2.07. The molecule has 25 heavy (non-hydrogen) atoms. The minimum Gasteiger partial charge on any atom is -0.366 e. The number of aromatic nitrogens is 4. The second-order valence-electron chi connectivity index (χ2n) is 5.52. The number of anilines is 1. The standard InChI is InChI=1S/C18H13F2N5.H2/c19-12-4-11(5-13(20)6-12)8-22-17-7-16(24-10-25-17)15-9-23-18-14(15)2-1-3-21-18;/h1-7,9-10H,8H2,(H,21,23)(H,22,24,25);1H. The van der Waals surface area contributed by atoms with Crippen molar-refractivity contribution in [2.24, 2.45) is 0 Å². The summed E-state index contributed by atoms with van der Waals surface area (Å²) in [7, 11) is 0. The average Bonchev–Trinajstić information content (AvgIpc) is 3.04. The number of pyridine rings is 1.